The highest BCUT2D eigenvalue weighted by atomic mass is 19.4. The molecule has 0 N–H and O–H groups in total. The van der Waals surface area contributed by atoms with Crippen LogP contribution in [-0.4, -0.2) is 18.6 Å². The van der Waals surface area contributed by atoms with Gasteiger partial charge < -0.3 is 0 Å². The van der Waals surface area contributed by atoms with Gasteiger partial charge in [0.1, 0.15) is 12.4 Å². The SMILES string of the molecule is [N-]=[N+]=NC(=NCC(F)(F)F)c1ccccc1. The molecule has 0 aliphatic rings. The van der Waals surface area contributed by atoms with Crippen molar-refractivity contribution in [3.8, 4) is 0 Å². The number of alkyl halides is 3. The third-order valence-corrected chi connectivity index (χ3v) is 1.58. The smallest absolute Gasteiger partial charge is 0.273 e. The van der Waals surface area contributed by atoms with Gasteiger partial charge >= 0.3 is 6.18 Å². The van der Waals surface area contributed by atoms with Gasteiger partial charge in [-0.3, -0.25) is 4.99 Å². The molecular weight excluding hydrogens is 221 g/mol. The number of azide groups is 1. The second kappa shape index (κ2) is 5.18. The molecule has 0 radical (unpaired) electrons. The molecule has 0 unspecified atom stereocenters. The lowest BCUT2D eigenvalue weighted by atomic mass is 10.2. The average molecular weight is 228 g/mol. The normalized spacial score (nSPS) is 12.1. The Morgan fingerprint density at radius 1 is 1.25 bits per heavy atom. The first-order chi connectivity index (χ1) is 7.53. The Labute approximate surface area is 89.1 Å². The van der Waals surface area contributed by atoms with Crippen molar-refractivity contribution in [2.45, 2.75) is 6.18 Å². The van der Waals surface area contributed by atoms with Crippen molar-refractivity contribution in [1.82, 2.24) is 0 Å². The molecule has 1 aromatic rings. The lowest BCUT2D eigenvalue weighted by molar-refractivity contribution is -0.118. The molecule has 0 saturated heterocycles. The molecule has 7 heteroatoms. The molecule has 0 bridgehead atoms. The second-order valence-corrected chi connectivity index (χ2v) is 2.81. The Bertz CT molecular complexity index is 418. The number of nitrogens with zero attached hydrogens (tertiary/aromatic N) is 4. The van der Waals surface area contributed by atoms with Crippen LogP contribution in [0.15, 0.2) is 40.4 Å². The predicted octanol–water partition coefficient (Wildman–Crippen LogP) is 3.31. The van der Waals surface area contributed by atoms with E-state index >= 15 is 0 Å². The number of halogens is 3. The fourth-order valence-corrected chi connectivity index (χ4v) is 0.975. The number of amidine groups is 1. The van der Waals surface area contributed by atoms with E-state index in [2.05, 4.69) is 15.0 Å². The van der Waals surface area contributed by atoms with Crippen molar-refractivity contribution >= 4 is 5.84 Å². The molecule has 4 nitrogen and oxygen atoms in total. The highest BCUT2D eigenvalue weighted by molar-refractivity contribution is 5.99. The highest BCUT2D eigenvalue weighted by Gasteiger charge is 2.26. The maximum atomic E-state index is 11.9. The van der Waals surface area contributed by atoms with E-state index in [4.69, 9.17) is 5.53 Å². The van der Waals surface area contributed by atoms with Gasteiger partial charge in [-0.1, -0.05) is 30.3 Å². The van der Waals surface area contributed by atoms with Crippen LogP contribution in [0.3, 0.4) is 0 Å². The van der Waals surface area contributed by atoms with Gasteiger partial charge in [-0.2, -0.15) is 13.2 Å². The standard InChI is InChI=1S/C9H7F3N4/c10-9(11,12)6-14-8(15-16-13)7-4-2-1-3-5-7/h1-5H,6H2. The minimum atomic E-state index is -4.41. The summed E-state index contributed by atoms with van der Waals surface area (Å²) in [5, 5.41) is 3.13. The van der Waals surface area contributed by atoms with Crippen molar-refractivity contribution in [3.05, 3.63) is 46.3 Å². The Balaban J connectivity index is 2.97. The quantitative estimate of drug-likeness (QED) is 0.245. The van der Waals surface area contributed by atoms with Gasteiger partial charge in [0.15, 0.2) is 0 Å². The molecule has 16 heavy (non-hydrogen) atoms. The minimum absolute atomic E-state index is 0.263. The number of hydrogen-bond acceptors (Lipinski definition) is 1. The minimum Gasteiger partial charge on any atom is -0.273 e. The lowest BCUT2D eigenvalue weighted by Gasteiger charge is -2.03. The van der Waals surface area contributed by atoms with Crippen LogP contribution in [-0.2, 0) is 0 Å². The third kappa shape index (κ3) is 4.02. The summed E-state index contributed by atoms with van der Waals surface area (Å²) in [5.41, 5.74) is 8.58. The maximum absolute atomic E-state index is 11.9. The molecule has 0 aromatic heterocycles. The van der Waals surface area contributed by atoms with Gasteiger partial charge in [0.2, 0.25) is 0 Å². The number of benzene rings is 1. The third-order valence-electron chi connectivity index (χ3n) is 1.58. The molecule has 0 atom stereocenters. The number of rotatable bonds is 2. The summed E-state index contributed by atoms with van der Waals surface area (Å²) in [6, 6.07) is 7.96. The van der Waals surface area contributed by atoms with Crippen LogP contribution in [0.5, 0.6) is 0 Å². The summed E-state index contributed by atoms with van der Waals surface area (Å²) >= 11 is 0. The van der Waals surface area contributed by atoms with Crippen molar-refractivity contribution in [3.63, 3.8) is 0 Å². The van der Waals surface area contributed by atoms with Crippen molar-refractivity contribution in [2.24, 2.45) is 10.1 Å². The van der Waals surface area contributed by atoms with E-state index in [1.165, 1.54) is 12.1 Å². The molecule has 84 valence electrons. The average Bonchev–Trinajstić information content (AvgIpc) is 2.24. The van der Waals surface area contributed by atoms with Crippen molar-refractivity contribution < 1.29 is 13.2 Å². The van der Waals surface area contributed by atoms with E-state index in [9.17, 15) is 13.2 Å². The maximum Gasteiger partial charge on any atom is 0.407 e. The lowest BCUT2D eigenvalue weighted by Crippen LogP contribution is -2.13. The Kier molecular flexibility index (Phi) is 3.90. The molecule has 0 spiro atoms. The van der Waals surface area contributed by atoms with Crippen LogP contribution < -0.4 is 0 Å². The summed E-state index contributed by atoms with van der Waals surface area (Å²) in [7, 11) is 0. The van der Waals surface area contributed by atoms with Crippen molar-refractivity contribution in [2.75, 3.05) is 6.54 Å². The summed E-state index contributed by atoms with van der Waals surface area (Å²) in [6.07, 6.45) is -4.41. The van der Waals surface area contributed by atoms with Gasteiger partial charge in [0, 0.05) is 10.5 Å². The molecular formula is C9H7F3N4. The van der Waals surface area contributed by atoms with E-state index in [-0.39, 0.29) is 5.84 Å². The van der Waals surface area contributed by atoms with E-state index in [1.54, 1.807) is 18.2 Å². The Hall–Kier alpha value is -2.01. The summed E-state index contributed by atoms with van der Waals surface area (Å²) in [5.74, 6) is -0.263. The number of aliphatic imine (C=N–C) groups is 1. The van der Waals surface area contributed by atoms with E-state index < -0.39 is 12.7 Å². The first kappa shape index (κ1) is 12.1. The fraction of sp³-hybridized carbons (Fsp3) is 0.222. The van der Waals surface area contributed by atoms with E-state index in [1.807, 2.05) is 0 Å². The van der Waals surface area contributed by atoms with Gasteiger partial charge in [-0.15, -0.1) is 0 Å². The van der Waals surface area contributed by atoms with E-state index in [0.29, 0.717) is 5.56 Å². The van der Waals surface area contributed by atoms with Gasteiger partial charge in [0.25, 0.3) is 0 Å². The second-order valence-electron chi connectivity index (χ2n) is 2.81. The molecule has 0 amide bonds. The first-order valence-electron chi connectivity index (χ1n) is 4.24. The molecule has 1 rings (SSSR count). The molecule has 1 aromatic carbocycles. The van der Waals surface area contributed by atoms with Gasteiger partial charge in [-0.05, 0) is 10.6 Å². The number of hydrogen-bond donors (Lipinski definition) is 0. The topological polar surface area (TPSA) is 61.1 Å². The molecule has 0 aliphatic heterocycles. The predicted molar refractivity (Wildman–Crippen MR) is 53.0 cm³/mol. The summed E-state index contributed by atoms with van der Waals surface area (Å²) in [6.45, 7) is -1.36. The first-order valence-corrected chi connectivity index (χ1v) is 4.24. The molecule has 0 heterocycles. The molecule has 0 aliphatic carbocycles. The van der Waals surface area contributed by atoms with Crippen LogP contribution in [0.2, 0.25) is 0 Å². The largest absolute Gasteiger partial charge is 0.407 e. The van der Waals surface area contributed by atoms with Gasteiger partial charge in [-0.25, -0.2) is 0 Å². The van der Waals surface area contributed by atoms with Crippen molar-refractivity contribution in [1.29, 1.82) is 0 Å². The molecule has 0 fully saturated rings. The zero-order chi connectivity index (χ0) is 12.0. The van der Waals surface area contributed by atoms with Crippen LogP contribution in [0, 0.1) is 0 Å². The van der Waals surface area contributed by atoms with E-state index in [0.717, 1.165) is 0 Å². The molecule has 0 saturated carbocycles. The van der Waals surface area contributed by atoms with Crippen LogP contribution in [0.25, 0.3) is 10.4 Å². The summed E-state index contributed by atoms with van der Waals surface area (Å²) < 4.78 is 35.8. The Morgan fingerprint density at radius 2 is 1.88 bits per heavy atom. The van der Waals surface area contributed by atoms with Crippen LogP contribution >= 0.6 is 0 Å². The zero-order valence-electron chi connectivity index (χ0n) is 8.02. The van der Waals surface area contributed by atoms with Crippen LogP contribution in [0.1, 0.15) is 5.56 Å². The van der Waals surface area contributed by atoms with Crippen LogP contribution in [0.4, 0.5) is 13.2 Å². The highest BCUT2D eigenvalue weighted by Crippen LogP contribution is 2.15. The monoisotopic (exact) mass is 228 g/mol. The fourth-order valence-electron chi connectivity index (χ4n) is 0.975. The van der Waals surface area contributed by atoms with Gasteiger partial charge in [0.05, 0.1) is 0 Å². The Morgan fingerprint density at radius 3 is 2.38 bits per heavy atom. The zero-order valence-corrected chi connectivity index (χ0v) is 8.02. The summed E-state index contributed by atoms with van der Waals surface area (Å²) in [4.78, 5) is 5.67.